The molecule has 0 bridgehead atoms. The number of fused-ring (bicyclic) bond motifs is 1. The molecule has 0 radical (unpaired) electrons. The van der Waals surface area contributed by atoms with Crippen molar-refractivity contribution in [2.45, 2.75) is 17.7 Å². The summed E-state index contributed by atoms with van der Waals surface area (Å²) >= 11 is 3.45. The highest BCUT2D eigenvalue weighted by Gasteiger charge is 2.00. The molecule has 1 heterocycles. The van der Waals surface area contributed by atoms with E-state index in [-0.39, 0.29) is 0 Å². The van der Waals surface area contributed by atoms with E-state index in [1.165, 1.54) is 4.70 Å². The standard InChI is InChI=1S/C11H11NS2/c1-2-3-8-13-11-12-9-6-4-5-7-10(9)14-11/h3-8H,2H2,1H3/b8-3+. The van der Waals surface area contributed by atoms with Crippen LogP contribution in [0.5, 0.6) is 0 Å². The number of nitrogens with zero attached hydrogens (tertiary/aromatic N) is 1. The Morgan fingerprint density at radius 1 is 1.43 bits per heavy atom. The lowest BCUT2D eigenvalue weighted by atomic mass is 10.3. The van der Waals surface area contributed by atoms with E-state index in [1.807, 2.05) is 6.07 Å². The lowest BCUT2D eigenvalue weighted by Gasteiger charge is -1.83. The Kier molecular flexibility index (Phi) is 3.22. The lowest BCUT2D eigenvalue weighted by Crippen LogP contribution is -1.65. The highest BCUT2D eigenvalue weighted by molar-refractivity contribution is 8.03. The largest absolute Gasteiger partial charge is 0.229 e. The molecular formula is C11H11NS2. The Labute approximate surface area is 91.9 Å². The zero-order valence-corrected chi connectivity index (χ0v) is 9.57. The minimum absolute atomic E-state index is 1.08. The van der Waals surface area contributed by atoms with Crippen LogP contribution in [0.25, 0.3) is 10.2 Å². The molecule has 14 heavy (non-hydrogen) atoms. The zero-order valence-electron chi connectivity index (χ0n) is 7.93. The van der Waals surface area contributed by atoms with E-state index < -0.39 is 0 Å². The van der Waals surface area contributed by atoms with Crippen LogP contribution in [0.2, 0.25) is 0 Å². The lowest BCUT2D eigenvalue weighted by molar-refractivity contribution is 1.23. The number of thiazole rings is 1. The summed E-state index contributed by atoms with van der Waals surface area (Å²) in [5, 5.41) is 2.11. The first kappa shape index (κ1) is 9.74. The Morgan fingerprint density at radius 2 is 2.29 bits per heavy atom. The SMILES string of the molecule is CC/C=C/Sc1nc2ccccc2s1. The zero-order chi connectivity index (χ0) is 9.80. The van der Waals surface area contributed by atoms with E-state index >= 15 is 0 Å². The topological polar surface area (TPSA) is 12.9 Å². The van der Waals surface area contributed by atoms with Crippen molar-refractivity contribution in [2.75, 3.05) is 0 Å². The molecule has 2 aromatic rings. The molecule has 0 spiro atoms. The highest BCUT2D eigenvalue weighted by Crippen LogP contribution is 2.29. The van der Waals surface area contributed by atoms with Crippen LogP contribution < -0.4 is 0 Å². The Morgan fingerprint density at radius 3 is 3.07 bits per heavy atom. The monoisotopic (exact) mass is 221 g/mol. The summed E-state index contributed by atoms with van der Waals surface area (Å²) in [5.41, 5.74) is 1.10. The molecular weight excluding hydrogens is 210 g/mol. The molecule has 0 aliphatic carbocycles. The second kappa shape index (κ2) is 4.62. The van der Waals surface area contributed by atoms with E-state index in [9.17, 15) is 0 Å². The van der Waals surface area contributed by atoms with Crippen molar-refractivity contribution in [3.63, 3.8) is 0 Å². The van der Waals surface area contributed by atoms with Crippen LogP contribution in [0.15, 0.2) is 40.1 Å². The van der Waals surface area contributed by atoms with Crippen LogP contribution in [0.4, 0.5) is 0 Å². The second-order valence-corrected chi connectivity index (χ2v) is 5.03. The molecule has 0 amide bonds. The second-order valence-electron chi connectivity index (χ2n) is 2.85. The molecule has 3 heteroatoms. The van der Waals surface area contributed by atoms with Crippen molar-refractivity contribution in [1.29, 1.82) is 0 Å². The van der Waals surface area contributed by atoms with Crippen LogP contribution in [0.1, 0.15) is 13.3 Å². The molecule has 0 fully saturated rings. The van der Waals surface area contributed by atoms with Gasteiger partial charge in [0.1, 0.15) is 0 Å². The van der Waals surface area contributed by atoms with Gasteiger partial charge in [0.15, 0.2) is 4.34 Å². The smallest absolute Gasteiger partial charge is 0.155 e. The molecule has 0 unspecified atom stereocenters. The summed E-state index contributed by atoms with van der Waals surface area (Å²) in [6.07, 6.45) is 3.23. The summed E-state index contributed by atoms with van der Waals surface area (Å²) < 4.78 is 2.38. The fourth-order valence-corrected chi connectivity index (χ4v) is 2.99. The summed E-state index contributed by atoms with van der Waals surface area (Å²) in [6.45, 7) is 2.13. The molecule has 0 saturated heterocycles. The molecule has 0 aliphatic rings. The third-order valence-corrected chi connectivity index (χ3v) is 3.77. The molecule has 0 aliphatic heterocycles. The van der Waals surface area contributed by atoms with Gasteiger partial charge in [0, 0.05) is 0 Å². The number of rotatable bonds is 3. The molecule has 0 atom stereocenters. The fraction of sp³-hybridized carbons (Fsp3) is 0.182. The van der Waals surface area contributed by atoms with Gasteiger partial charge >= 0.3 is 0 Å². The van der Waals surface area contributed by atoms with Crippen molar-refractivity contribution >= 4 is 33.3 Å². The predicted octanol–water partition coefficient (Wildman–Crippen LogP) is 4.31. The van der Waals surface area contributed by atoms with Crippen molar-refractivity contribution in [2.24, 2.45) is 0 Å². The van der Waals surface area contributed by atoms with Gasteiger partial charge in [0.05, 0.1) is 10.2 Å². The number of allylic oxidation sites excluding steroid dienone is 1. The molecule has 1 aromatic carbocycles. The molecule has 2 rings (SSSR count). The maximum absolute atomic E-state index is 4.51. The first-order valence-electron chi connectivity index (χ1n) is 4.57. The predicted molar refractivity (Wildman–Crippen MR) is 64.9 cm³/mol. The third kappa shape index (κ3) is 2.16. The van der Waals surface area contributed by atoms with Gasteiger partial charge < -0.3 is 0 Å². The maximum atomic E-state index is 4.51. The minimum Gasteiger partial charge on any atom is -0.229 e. The van der Waals surface area contributed by atoms with Crippen molar-refractivity contribution in [1.82, 2.24) is 4.98 Å². The number of para-hydroxylation sites is 1. The van der Waals surface area contributed by atoms with Crippen LogP contribution in [-0.2, 0) is 0 Å². The molecule has 1 nitrogen and oxygen atoms in total. The van der Waals surface area contributed by atoms with Crippen LogP contribution in [0.3, 0.4) is 0 Å². The minimum atomic E-state index is 1.08. The van der Waals surface area contributed by atoms with E-state index in [1.54, 1.807) is 23.1 Å². The summed E-state index contributed by atoms with van der Waals surface area (Å²) in [7, 11) is 0. The van der Waals surface area contributed by atoms with E-state index in [0.29, 0.717) is 0 Å². The average molecular weight is 221 g/mol. The molecule has 0 saturated carbocycles. The van der Waals surface area contributed by atoms with Gasteiger partial charge in [-0.15, -0.1) is 11.3 Å². The number of hydrogen-bond acceptors (Lipinski definition) is 3. The maximum Gasteiger partial charge on any atom is 0.155 e. The summed E-state index contributed by atoms with van der Waals surface area (Å²) in [5.74, 6) is 0. The van der Waals surface area contributed by atoms with E-state index in [0.717, 1.165) is 16.3 Å². The third-order valence-electron chi connectivity index (χ3n) is 1.78. The number of thioether (sulfide) groups is 1. The number of hydrogen-bond donors (Lipinski definition) is 0. The number of benzene rings is 1. The van der Waals surface area contributed by atoms with Crippen molar-refractivity contribution < 1.29 is 0 Å². The quantitative estimate of drug-likeness (QED) is 0.716. The summed E-state index contributed by atoms with van der Waals surface area (Å²) in [4.78, 5) is 4.51. The highest BCUT2D eigenvalue weighted by atomic mass is 32.2. The van der Waals surface area contributed by atoms with Gasteiger partial charge in [-0.25, -0.2) is 4.98 Å². The Hall–Kier alpha value is -0.800. The van der Waals surface area contributed by atoms with Gasteiger partial charge in [-0.2, -0.15) is 0 Å². The van der Waals surface area contributed by atoms with Gasteiger partial charge in [0.2, 0.25) is 0 Å². The van der Waals surface area contributed by atoms with Gasteiger partial charge in [-0.1, -0.05) is 36.9 Å². The van der Waals surface area contributed by atoms with Gasteiger partial charge in [-0.05, 0) is 24.0 Å². The molecule has 1 aromatic heterocycles. The first-order chi connectivity index (χ1) is 6.90. The normalized spacial score (nSPS) is 11.5. The summed E-state index contributed by atoms with van der Waals surface area (Å²) in [6, 6.07) is 8.25. The molecule has 72 valence electrons. The average Bonchev–Trinajstić information content (AvgIpc) is 2.60. The van der Waals surface area contributed by atoms with E-state index in [2.05, 4.69) is 41.6 Å². The number of aromatic nitrogens is 1. The van der Waals surface area contributed by atoms with Gasteiger partial charge in [0.25, 0.3) is 0 Å². The Balaban J connectivity index is 2.23. The van der Waals surface area contributed by atoms with Crippen molar-refractivity contribution in [3.8, 4) is 0 Å². The Bertz CT molecular complexity index is 412. The van der Waals surface area contributed by atoms with Crippen molar-refractivity contribution in [3.05, 3.63) is 35.7 Å². The van der Waals surface area contributed by atoms with Crippen LogP contribution >= 0.6 is 23.1 Å². The van der Waals surface area contributed by atoms with Crippen LogP contribution in [-0.4, -0.2) is 4.98 Å². The molecule has 0 N–H and O–H groups in total. The fourth-order valence-electron chi connectivity index (χ4n) is 1.10. The first-order valence-corrected chi connectivity index (χ1v) is 6.27. The van der Waals surface area contributed by atoms with E-state index in [4.69, 9.17) is 0 Å². The van der Waals surface area contributed by atoms with Gasteiger partial charge in [-0.3, -0.25) is 0 Å². The van der Waals surface area contributed by atoms with Crippen LogP contribution in [0, 0.1) is 0 Å².